The maximum absolute atomic E-state index is 6.56. The quantitative estimate of drug-likeness (QED) is 0.280. The van der Waals surface area contributed by atoms with Crippen LogP contribution in [0.5, 0.6) is 0 Å². The van der Waals surface area contributed by atoms with E-state index in [1.54, 1.807) is 12.3 Å². The second kappa shape index (κ2) is 7.88. The van der Waals surface area contributed by atoms with Crippen molar-refractivity contribution in [1.82, 2.24) is 14.8 Å². The van der Waals surface area contributed by atoms with Crippen molar-refractivity contribution in [3.8, 4) is 28.4 Å². The van der Waals surface area contributed by atoms with Crippen molar-refractivity contribution in [3.05, 3.63) is 74.6 Å². The Bertz CT molecular complexity index is 1230. The van der Waals surface area contributed by atoms with Gasteiger partial charge in [-0.3, -0.25) is 0 Å². The molecule has 0 radical (unpaired) electrons. The molecule has 4 aromatic rings. The SMILES string of the molecule is CCc1c(-c2cnc(C3CC3)o2)nn(-c2ccc(Cl)cc2Cl)c1-c1ccc(Br)cc1. The van der Waals surface area contributed by atoms with E-state index in [4.69, 9.17) is 32.7 Å². The lowest BCUT2D eigenvalue weighted by Gasteiger charge is -2.11. The molecule has 5 rings (SSSR count). The lowest BCUT2D eigenvalue weighted by atomic mass is 10.0. The highest BCUT2D eigenvalue weighted by molar-refractivity contribution is 9.10. The topological polar surface area (TPSA) is 43.9 Å². The van der Waals surface area contributed by atoms with Crippen LogP contribution < -0.4 is 0 Å². The van der Waals surface area contributed by atoms with Gasteiger partial charge in [0.05, 0.1) is 22.6 Å². The lowest BCUT2D eigenvalue weighted by molar-refractivity contribution is 0.507. The zero-order chi connectivity index (χ0) is 20.8. The molecule has 0 spiro atoms. The molecule has 152 valence electrons. The highest BCUT2D eigenvalue weighted by Crippen LogP contribution is 2.42. The zero-order valence-electron chi connectivity index (χ0n) is 16.2. The largest absolute Gasteiger partial charge is 0.439 e. The molecule has 1 fully saturated rings. The van der Waals surface area contributed by atoms with Crippen LogP contribution in [0.2, 0.25) is 10.0 Å². The highest BCUT2D eigenvalue weighted by atomic mass is 79.9. The van der Waals surface area contributed by atoms with Gasteiger partial charge in [0.1, 0.15) is 5.69 Å². The van der Waals surface area contributed by atoms with E-state index in [2.05, 4.69) is 40.0 Å². The van der Waals surface area contributed by atoms with E-state index in [1.807, 2.05) is 28.9 Å². The summed E-state index contributed by atoms with van der Waals surface area (Å²) in [7, 11) is 0. The van der Waals surface area contributed by atoms with Crippen LogP contribution in [0.15, 0.2) is 57.6 Å². The molecule has 1 saturated carbocycles. The summed E-state index contributed by atoms with van der Waals surface area (Å²) in [5, 5.41) is 6.07. The molecule has 2 aromatic carbocycles. The van der Waals surface area contributed by atoms with E-state index in [0.717, 1.165) is 57.8 Å². The average molecular weight is 503 g/mol. The first-order valence-electron chi connectivity index (χ1n) is 9.84. The Labute approximate surface area is 193 Å². The van der Waals surface area contributed by atoms with Gasteiger partial charge in [-0.15, -0.1) is 0 Å². The van der Waals surface area contributed by atoms with Crippen LogP contribution in [0.4, 0.5) is 0 Å². The molecule has 0 amide bonds. The van der Waals surface area contributed by atoms with Gasteiger partial charge in [0.2, 0.25) is 0 Å². The van der Waals surface area contributed by atoms with Gasteiger partial charge < -0.3 is 4.42 Å². The van der Waals surface area contributed by atoms with Gasteiger partial charge in [0, 0.05) is 26.5 Å². The number of hydrogen-bond acceptors (Lipinski definition) is 3. The van der Waals surface area contributed by atoms with Gasteiger partial charge in [0.25, 0.3) is 0 Å². The van der Waals surface area contributed by atoms with E-state index < -0.39 is 0 Å². The molecule has 0 N–H and O–H groups in total. The molecular formula is C23H18BrCl2N3O. The van der Waals surface area contributed by atoms with Crippen LogP contribution in [-0.4, -0.2) is 14.8 Å². The number of oxazole rings is 1. The van der Waals surface area contributed by atoms with Gasteiger partial charge in [-0.05, 0) is 49.6 Å². The number of hydrogen-bond donors (Lipinski definition) is 0. The fraction of sp³-hybridized carbons (Fsp3) is 0.217. The minimum absolute atomic E-state index is 0.447. The summed E-state index contributed by atoms with van der Waals surface area (Å²) in [6.45, 7) is 2.12. The number of rotatable bonds is 5. The maximum atomic E-state index is 6.56. The molecule has 1 aliphatic carbocycles. The summed E-state index contributed by atoms with van der Waals surface area (Å²) in [6, 6.07) is 13.6. The number of halogens is 3. The molecular weight excluding hydrogens is 485 g/mol. The molecule has 4 nitrogen and oxygen atoms in total. The molecule has 2 heterocycles. The first-order chi connectivity index (χ1) is 14.5. The van der Waals surface area contributed by atoms with E-state index in [-0.39, 0.29) is 0 Å². The van der Waals surface area contributed by atoms with Crippen molar-refractivity contribution in [2.24, 2.45) is 0 Å². The molecule has 0 unspecified atom stereocenters. The summed E-state index contributed by atoms with van der Waals surface area (Å²) in [4.78, 5) is 4.49. The zero-order valence-corrected chi connectivity index (χ0v) is 19.3. The Hall–Kier alpha value is -2.08. The second-order valence-electron chi connectivity index (χ2n) is 7.38. The summed E-state index contributed by atoms with van der Waals surface area (Å²) < 4.78 is 9.00. The summed E-state index contributed by atoms with van der Waals surface area (Å²) in [5.74, 6) is 1.94. The van der Waals surface area contributed by atoms with Crippen LogP contribution in [-0.2, 0) is 6.42 Å². The van der Waals surface area contributed by atoms with Crippen LogP contribution >= 0.6 is 39.1 Å². The van der Waals surface area contributed by atoms with E-state index in [0.29, 0.717) is 21.7 Å². The minimum Gasteiger partial charge on any atom is -0.439 e. The Morgan fingerprint density at radius 1 is 1.13 bits per heavy atom. The molecule has 0 atom stereocenters. The van der Waals surface area contributed by atoms with Crippen molar-refractivity contribution < 1.29 is 4.42 Å². The van der Waals surface area contributed by atoms with Crippen molar-refractivity contribution in [2.75, 3.05) is 0 Å². The standard InChI is InChI=1S/C23H18BrCl2N3O/c1-2-17-21(20-12-27-23(30-20)14-3-4-14)28-29(19-10-9-16(25)11-18(19)26)22(17)13-5-7-15(24)8-6-13/h5-12,14H,2-4H2,1H3. The van der Waals surface area contributed by atoms with Crippen molar-refractivity contribution >= 4 is 39.1 Å². The van der Waals surface area contributed by atoms with Gasteiger partial charge in [0.15, 0.2) is 11.7 Å². The predicted octanol–water partition coefficient (Wildman–Crippen LogP) is 7.70. The highest BCUT2D eigenvalue weighted by Gasteiger charge is 2.30. The number of nitrogens with zero attached hydrogens (tertiary/aromatic N) is 3. The summed E-state index contributed by atoms with van der Waals surface area (Å²) in [6.07, 6.45) is 4.85. The van der Waals surface area contributed by atoms with Crippen LogP contribution in [0.25, 0.3) is 28.4 Å². The molecule has 0 bridgehead atoms. The monoisotopic (exact) mass is 501 g/mol. The lowest BCUT2D eigenvalue weighted by Crippen LogP contribution is -2.01. The fourth-order valence-electron chi connectivity index (χ4n) is 3.63. The van der Waals surface area contributed by atoms with Crippen molar-refractivity contribution in [3.63, 3.8) is 0 Å². The third kappa shape index (κ3) is 3.59. The van der Waals surface area contributed by atoms with E-state index in [9.17, 15) is 0 Å². The van der Waals surface area contributed by atoms with Crippen LogP contribution in [0.1, 0.15) is 37.1 Å². The normalized spacial score (nSPS) is 13.7. The van der Waals surface area contributed by atoms with Crippen LogP contribution in [0, 0.1) is 0 Å². The van der Waals surface area contributed by atoms with Gasteiger partial charge in [-0.25, -0.2) is 9.67 Å². The Kier molecular flexibility index (Phi) is 5.21. The Balaban J connectivity index is 1.75. The second-order valence-corrected chi connectivity index (χ2v) is 9.14. The van der Waals surface area contributed by atoms with Gasteiger partial charge in [-0.2, -0.15) is 5.10 Å². The Morgan fingerprint density at radius 2 is 1.90 bits per heavy atom. The molecule has 0 saturated heterocycles. The maximum Gasteiger partial charge on any atom is 0.198 e. The minimum atomic E-state index is 0.447. The molecule has 7 heteroatoms. The van der Waals surface area contributed by atoms with Crippen molar-refractivity contribution in [1.29, 1.82) is 0 Å². The van der Waals surface area contributed by atoms with E-state index >= 15 is 0 Å². The molecule has 2 aromatic heterocycles. The number of aromatic nitrogens is 3. The predicted molar refractivity (Wildman–Crippen MR) is 124 cm³/mol. The molecule has 1 aliphatic rings. The summed E-state index contributed by atoms with van der Waals surface area (Å²) >= 11 is 16.2. The van der Waals surface area contributed by atoms with E-state index in [1.165, 1.54) is 0 Å². The first-order valence-corrected chi connectivity index (χ1v) is 11.4. The average Bonchev–Trinajstić information content (AvgIpc) is 3.34. The molecule has 0 aliphatic heterocycles. The smallest absolute Gasteiger partial charge is 0.198 e. The van der Waals surface area contributed by atoms with Gasteiger partial charge in [-0.1, -0.05) is 58.2 Å². The third-order valence-corrected chi connectivity index (χ3v) is 6.34. The third-order valence-electron chi connectivity index (χ3n) is 5.28. The Morgan fingerprint density at radius 3 is 2.57 bits per heavy atom. The number of benzene rings is 2. The summed E-state index contributed by atoms with van der Waals surface area (Å²) in [5.41, 5.74) is 4.67. The first kappa shape index (κ1) is 19.9. The molecule has 30 heavy (non-hydrogen) atoms. The fourth-order valence-corrected chi connectivity index (χ4v) is 4.38. The van der Waals surface area contributed by atoms with Crippen molar-refractivity contribution in [2.45, 2.75) is 32.1 Å². The van der Waals surface area contributed by atoms with Crippen LogP contribution in [0.3, 0.4) is 0 Å². The van der Waals surface area contributed by atoms with Gasteiger partial charge >= 0.3 is 0 Å².